The van der Waals surface area contributed by atoms with Gasteiger partial charge in [0.2, 0.25) is 5.91 Å². The molecule has 7 heteroatoms. The van der Waals surface area contributed by atoms with Gasteiger partial charge in [0.15, 0.2) is 5.16 Å². The van der Waals surface area contributed by atoms with Crippen LogP contribution in [0.4, 0.5) is 5.69 Å². The summed E-state index contributed by atoms with van der Waals surface area (Å²) in [5.41, 5.74) is 2.93. The van der Waals surface area contributed by atoms with Gasteiger partial charge in [0.05, 0.1) is 29.8 Å². The van der Waals surface area contributed by atoms with Crippen LogP contribution in [-0.4, -0.2) is 33.9 Å². The number of amides is 1. The van der Waals surface area contributed by atoms with Gasteiger partial charge >= 0.3 is 0 Å². The van der Waals surface area contributed by atoms with Gasteiger partial charge in [-0.05, 0) is 54.8 Å². The molecule has 25 heavy (non-hydrogen) atoms. The van der Waals surface area contributed by atoms with Crippen LogP contribution in [0.3, 0.4) is 0 Å². The van der Waals surface area contributed by atoms with Gasteiger partial charge in [-0.1, -0.05) is 23.9 Å². The van der Waals surface area contributed by atoms with Crippen molar-refractivity contribution < 1.29 is 9.53 Å². The second kappa shape index (κ2) is 8.38. The number of hydrogen-bond donors (Lipinski definition) is 1. The first-order valence-corrected chi connectivity index (χ1v) is 10.1. The van der Waals surface area contributed by atoms with Crippen LogP contribution in [0.1, 0.15) is 24.2 Å². The number of anilines is 1. The maximum absolute atomic E-state index is 12.3. The summed E-state index contributed by atoms with van der Waals surface area (Å²) in [5, 5.41) is 3.81. The minimum absolute atomic E-state index is 0.0427. The molecule has 1 unspecified atom stereocenters. The summed E-state index contributed by atoms with van der Waals surface area (Å²) in [6, 6.07) is 7.60. The van der Waals surface area contributed by atoms with Crippen molar-refractivity contribution in [3.63, 3.8) is 0 Å². The summed E-state index contributed by atoms with van der Waals surface area (Å²) in [6.07, 6.45) is 2.46. The molecule has 2 aromatic rings. The molecule has 1 fully saturated rings. The summed E-state index contributed by atoms with van der Waals surface area (Å²) in [4.78, 5) is 16.9. The van der Waals surface area contributed by atoms with Crippen LogP contribution >= 0.6 is 27.7 Å². The van der Waals surface area contributed by atoms with Crippen LogP contribution in [0.15, 0.2) is 33.9 Å². The Kier molecular flexibility index (Phi) is 6.19. The highest BCUT2D eigenvalue weighted by Crippen LogP contribution is 2.25. The molecular formula is C18H22BrN3O2S. The monoisotopic (exact) mass is 423 g/mol. The van der Waals surface area contributed by atoms with Crippen LogP contribution in [0.2, 0.25) is 0 Å². The average Bonchev–Trinajstić information content (AvgIpc) is 3.19. The zero-order valence-electron chi connectivity index (χ0n) is 14.4. The van der Waals surface area contributed by atoms with Crippen LogP contribution < -0.4 is 5.32 Å². The number of rotatable bonds is 6. The lowest BCUT2D eigenvalue weighted by Crippen LogP contribution is -2.18. The third kappa shape index (κ3) is 4.65. The Hall–Kier alpha value is -1.31. The maximum Gasteiger partial charge on any atom is 0.234 e. The number of thioether (sulfide) groups is 1. The molecule has 1 aromatic carbocycles. The van der Waals surface area contributed by atoms with Crippen molar-refractivity contribution >= 4 is 39.3 Å². The lowest BCUT2D eigenvalue weighted by atomic mass is 10.2. The first kappa shape index (κ1) is 18.5. The molecule has 1 atom stereocenters. The van der Waals surface area contributed by atoms with Crippen molar-refractivity contribution in [2.24, 2.45) is 0 Å². The molecule has 0 bridgehead atoms. The van der Waals surface area contributed by atoms with E-state index in [1.165, 1.54) is 11.8 Å². The molecule has 2 heterocycles. The molecule has 3 rings (SSSR count). The largest absolute Gasteiger partial charge is 0.376 e. The number of benzene rings is 1. The van der Waals surface area contributed by atoms with Crippen molar-refractivity contribution in [2.45, 2.75) is 44.5 Å². The van der Waals surface area contributed by atoms with E-state index in [2.05, 4.69) is 37.7 Å². The van der Waals surface area contributed by atoms with E-state index >= 15 is 0 Å². The molecule has 1 amide bonds. The minimum Gasteiger partial charge on any atom is -0.376 e. The fourth-order valence-electron chi connectivity index (χ4n) is 2.82. The van der Waals surface area contributed by atoms with Crippen LogP contribution in [0.25, 0.3) is 0 Å². The highest BCUT2D eigenvalue weighted by Gasteiger charge is 2.20. The Morgan fingerprint density at radius 3 is 2.96 bits per heavy atom. The molecule has 1 aliphatic heterocycles. The zero-order valence-corrected chi connectivity index (χ0v) is 16.8. The van der Waals surface area contributed by atoms with Gasteiger partial charge in [0.25, 0.3) is 0 Å². The first-order chi connectivity index (χ1) is 12.0. The number of hydrogen-bond acceptors (Lipinski definition) is 4. The highest BCUT2D eigenvalue weighted by molar-refractivity contribution is 9.10. The maximum atomic E-state index is 12.3. The number of carbonyl (C=O) groups excluding carboxylic acids is 1. The number of ether oxygens (including phenoxy) is 1. The van der Waals surface area contributed by atoms with Crippen molar-refractivity contribution in [2.75, 3.05) is 17.7 Å². The van der Waals surface area contributed by atoms with Crippen molar-refractivity contribution in [1.29, 1.82) is 0 Å². The summed E-state index contributed by atoms with van der Waals surface area (Å²) in [6.45, 7) is 5.73. The number of para-hydroxylation sites is 1. The summed E-state index contributed by atoms with van der Waals surface area (Å²) >= 11 is 4.91. The van der Waals surface area contributed by atoms with Gasteiger partial charge in [-0.2, -0.15) is 0 Å². The summed E-state index contributed by atoms with van der Waals surface area (Å²) in [7, 11) is 0. The number of halogens is 1. The van der Waals surface area contributed by atoms with Crippen LogP contribution in [0, 0.1) is 13.8 Å². The Balaban J connectivity index is 1.63. The summed E-state index contributed by atoms with van der Waals surface area (Å²) in [5.74, 6) is 0.279. The van der Waals surface area contributed by atoms with Crippen molar-refractivity contribution in [3.8, 4) is 0 Å². The molecule has 1 aliphatic rings. The predicted octanol–water partition coefficient (Wildman–Crippen LogP) is 4.17. The molecule has 134 valence electrons. The SMILES string of the molecule is Cc1nc(SCC(=O)Nc2ccccc2Br)n(CC2CCCO2)c1C. The molecule has 0 aliphatic carbocycles. The predicted molar refractivity (Wildman–Crippen MR) is 104 cm³/mol. The van der Waals surface area contributed by atoms with Crippen LogP contribution in [-0.2, 0) is 16.1 Å². The first-order valence-electron chi connectivity index (χ1n) is 8.37. The van der Waals surface area contributed by atoms with E-state index < -0.39 is 0 Å². The second-order valence-corrected chi connectivity index (χ2v) is 7.92. The quantitative estimate of drug-likeness (QED) is 0.708. The minimum atomic E-state index is -0.0427. The lowest BCUT2D eigenvalue weighted by Gasteiger charge is -2.14. The van der Waals surface area contributed by atoms with Gasteiger partial charge in [0, 0.05) is 16.8 Å². The van der Waals surface area contributed by atoms with Gasteiger partial charge < -0.3 is 14.6 Å². The standard InChI is InChI=1S/C18H22BrN3O2S/c1-12-13(2)22(10-14-6-5-9-24-14)18(20-12)25-11-17(23)21-16-8-4-3-7-15(16)19/h3-4,7-8,14H,5-6,9-11H2,1-2H3,(H,21,23). The number of aromatic nitrogens is 2. The smallest absolute Gasteiger partial charge is 0.234 e. The Morgan fingerprint density at radius 1 is 1.44 bits per heavy atom. The fourth-order valence-corrected chi connectivity index (χ4v) is 4.10. The zero-order chi connectivity index (χ0) is 17.8. The van der Waals surface area contributed by atoms with E-state index in [4.69, 9.17) is 4.74 Å². The van der Waals surface area contributed by atoms with E-state index in [9.17, 15) is 4.79 Å². The topological polar surface area (TPSA) is 56.2 Å². The van der Waals surface area contributed by atoms with Crippen molar-refractivity contribution in [3.05, 3.63) is 40.1 Å². The molecule has 1 N–H and O–H groups in total. The third-order valence-corrected chi connectivity index (χ3v) is 5.98. The Bertz CT molecular complexity index is 757. The van der Waals surface area contributed by atoms with E-state index in [0.29, 0.717) is 5.75 Å². The number of nitrogens with zero attached hydrogens (tertiary/aromatic N) is 2. The lowest BCUT2D eigenvalue weighted by molar-refractivity contribution is -0.113. The molecule has 0 spiro atoms. The molecule has 5 nitrogen and oxygen atoms in total. The van der Waals surface area contributed by atoms with E-state index in [1.807, 2.05) is 31.2 Å². The number of carbonyl (C=O) groups is 1. The summed E-state index contributed by atoms with van der Waals surface area (Å²) < 4.78 is 8.81. The number of nitrogens with one attached hydrogen (secondary N) is 1. The van der Waals surface area contributed by atoms with E-state index in [0.717, 1.165) is 52.7 Å². The average molecular weight is 424 g/mol. The number of aryl methyl sites for hydroxylation is 1. The molecule has 1 saturated heterocycles. The molecule has 1 aromatic heterocycles. The fraction of sp³-hybridized carbons (Fsp3) is 0.444. The highest BCUT2D eigenvalue weighted by atomic mass is 79.9. The van der Waals surface area contributed by atoms with Gasteiger partial charge in [-0.3, -0.25) is 4.79 Å². The van der Waals surface area contributed by atoms with E-state index in [-0.39, 0.29) is 12.0 Å². The molecular weight excluding hydrogens is 402 g/mol. The molecule has 0 radical (unpaired) electrons. The normalized spacial score (nSPS) is 17.0. The van der Waals surface area contributed by atoms with E-state index in [1.54, 1.807) is 0 Å². The molecule has 0 saturated carbocycles. The van der Waals surface area contributed by atoms with Gasteiger partial charge in [-0.15, -0.1) is 0 Å². The van der Waals surface area contributed by atoms with Crippen LogP contribution in [0.5, 0.6) is 0 Å². The second-order valence-electron chi connectivity index (χ2n) is 6.13. The third-order valence-electron chi connectivity index (χ3n) is 4.31. The number of imidazole rings is 1. The Morgan fingerprint density at radius 2 is 2.24 bits per heavy atom. The van der Waals surface area contributed by atoms with Gasteiger partial charge in [0.1, 0.15) is 0 Å². The Labute approximate surface area is 160 Å². The van der Waals surface area contributed by atoms with Crippen molar-refractivity contribution in [1.82, 2.24) is 9.55 Å². The van der Waals surface area contributed by atoms with Gasteiger partial charge in [-0.25, -0.2) is 4.98 Å².